The molecule has 0 aliphatic heterocycles. The zero-order valence-electron chi connectivity index (χ0n) is 11.6. The fourth-order valence-electron chi connectivity index (χ4n) is 2.38. The number of fused-ring (bicyclic) bond motifs is 1. The van der Waals surface area contributed by atoms with Crippen LogP contribution in [0.15, 0.2) is 53.5 Å². The van der Waals surface area contributed by atoms with Gasteiger partial charge in [-0.15, -0.1) is 0 Å². The Kier molecular flexibility index (Phi) is 3.24. The summed E-state index contributed by atoms with van der Waals surface area (Å²) in [5, 5.41) is 0.629. The van der Waals surface area contributed by atoms with E-state index in [-0.39, 0.29) is 5.56 Å². The molecule has 1 aromatic carbocycles. The van der Waals surface area contributed by atoms with Crippen LogP contribution >= 0.6 is 0 Å². The van der Waals surface area contributed by atoms with Gasteiger partial charge in [0, 0.05) is 24.7 Å². The molecule has 0 atom stereocenters. The summed E-state index contributed by atoms with van der Waals surface area (Å²) in [4.78, 5) is 16.1. The third kappa shape index (κ3) is 2.36. The fraction of sp³-hybridized carbons (Fsp3) is 0.125. The zero-order valence-corrected chi connectivity index (χ0v) is 11.6. The summed E-state index contributed by atoms with van der Waals surface area (Å²) in [5.41, 5.74) is 0.145. The second kappa shape index (κ2) is 4.98. The minimum atomic E-state index is -4.43. The third-order valence-electron chi connectivity index (χ3n) is 3.49. The molecule has 0 saturated heterocycles. The van der Waals surface area contributed by atoms with E-state index < -0.39 is 11.7 Å². The number of benzene rings is 1. The topological polar surface area (TPSA) is 34.9 Å². The van der Waals surface area contributed by atoms with Crippen LogP contribution in [-0.2, 0) is 13.2 Å². The lowest BCUT2D eigenvalue weighted by Gasteiger charge is -2.12. The monoisotopic (exact) mass is 304 g/mol. The van der Waals surface area contributed by atoms with Crippen LogP contribution in [0, 0.1) is 0 Å². The van der Waals surface area contributed by atoms with Crippen molar-refractivity contribution in [3.63, 3.8) is 0 Å². The summed E-state index contributed by atoms with van der Waals surface area (Å²) in [6.45, 7) is 0. The Hall–Kier alpha value is -2.63. The van der Waals surface area contributed by atoms with Crippen molar-refractivity contribution >= 4 is 11.0 Å². The summed E-state index contributed by atoms with van der Waals surface area (Å²) in [7, 11) is 1.58. The van der Waals surface area contributed by atoms with Crippen molar-refractivity contribution in [3.05, 3.63) is 64.6 Å². The SMILES string of the molecule is Cn1c(=O)cc(-c2cccc(C(F)(F)F)c2)c2cccnc21. The van der Waals surface area contributed by atoms with Crippen LogP contribution in [0.4, 0.5) is 13.2 Å². The second-order valence-electron chi connectivity index (χ2n) is 4.91. The average Bonchev–Trinajstić information content (AvgIpc) is 2.50. The number of aromatic nitrogens is 2. The number of hydrogen-bond donors (Lipinski definition) is 0. The van der Waals surface area contributed by atoms with Crippen LogP contribution in [0.1, 0.15) is 5.56 Å². The molecule has 0 unspecified atom stereocenters. The first-order chi connectivity index (χ1) is 10.4. The van der Waals surface area contributed by atoms with E-state index in [0.717, 1.165) is 12.1 Å². The standard InChI is InChI=1S/C16H11F3N2O/c1-21-14(22)9-13(12-6-3-7-20-15(12)21)10-4-2-5-11(8-10)16(17,18)19/h2-9H,1H3. The van der Waals surface area contributed by atoms with Crippen LogP contribution < -0.4 is 5.56 Å². The molecule has 22 heavy (non-hydrogen) atoms. The second-order valence-corrected chi connectivity index (χ2v) is 4.91. The van der Waals surface area contributed by atoms with Gasteiger partial charge < -0.3 is 0 Å². The van der Waals surface area contributed by atoms with Crippen molar-refractivity contribution in [2.45, 2.75) is 6.18 Å². The number of pyridine rings is 2. The lowest BCUT2D eigenvalue weighted by molar-refractivity contribution is -0.137. The normalized spacial score (nSPS) is 11.8. The molecule has 0 aliphatic rings. The predicted octanol–water partition coefficient (Wildman–Crippen LogP) is 3.62. The molecule has 3 rings (SSSR count). The number of nitrogens with zero attached hydrogens (tertiary/aromatic N) is 2. The molecule has 0 radical (unpaired) electrons. The number of alkyl halides is 3. The minimum absolute atomic E-state index is 0.321. The van der Waals surface area contributed by atoms with Crippen LogP contribution in [0.5, 0.6) is 0 Å². The number of rotatable bonds is 1. The van der Waals surface area contributed by atoms with E-state index >= 15 is 0 Å². The first-order valence-electron chi connectivity index (χ1n) is 6.50. The molecule has 2 aromatic heterocycles. The quantitative estimate of drug-likeness (QED) is 0.688. The average molecular weight is 304 g/mol. The van der Waals surface area contributed by atoms with E-state index in [1.54, 1.807) is 25.2 Å². The number of hydrogen-bond acceptors (Lipinski definition) is 2. The Morgan fingerprint density at radius 2 is 1.86 bits per heavy atom. The third-order valence-corrected chi connectivity index (χ3v) is 3.49. The van der Waals surface area contributed by atoms with Crippen LogP contribution in [0.3, 0.4) is 0 Å². The lowest BCUT2D eigenvalue weighted by atomic mass is 10.0. The van der Waals surface area contributed by atoms with Gasteiger partial charge in [0.25, 0.3) is 5.56 Å². The first-order valence-corrected chi connectivity index (χ1v) is 6.50. The Morgan fingerprint density at radius 3 is 2.59 bits per heavy atom. The van der Waals surface area contributed by atoms with Crippen LogP contribution in [0.25, 0.3) is 22.2 Å². The van der Waals surface area contributed by atoms with Gasteiger partial charge in [0.1, 0.15) is 5.65 Å². The molecule has 6 heteroatoms. The summed E-state index contributed by atoms with van der Waals surface area (Å²) < 4.78 is 40.0. The van der Waals surface area contributed by atoms with Gasteiger partial charge in [-0.1, -0.05) is 12.1 Å². The molecular weight excluding hydrogens is 293 g/mol. The van der Waals surface area contributed by atoms with E-state index in [9.17, 15) is 18.0 Å². The minimum Gasteiger partial charge on any atom is -0.296 e. The van der Waals surface area contributed by atoms with Gasteiger partial charge in [0.2, 0.25) is 0 Å². The van der Waals surface area contributed by atoms with Gasteiger partial charge in [0.05, 0.1) is 5.56 Å². The van der Waals surface area contributed by atoms with Crippen molar-refractivity contribution in [2.75, 3.05) is 0 Å². The smallest absolute Gasteiger partial charge is 0.296 e. The maximum Gasteiger partial charge on any atom is 0.416 e. The van der Waals surface area contributed by atoms with Gasteiger partial charge >= 0.3 is 6.18 Å². The van der Waals surface area contributed by atoms with Gasteiger partial charge in [0.15, 0.2) is 0 Å². The van der Waals surface area contributed by atoms with E-state index in [4.69, 9.17) is 0 Å². The molecule has 3 nitrogen and oxygen atoms in total. The zero-order chi connectivity index (χ0) is 15.9. The predicted molar refractivity (Wildman–Crippen MR) is 77.4 cm³/mol. The van der Waals surface area contributed by atoms with Crippen molar-refractivity contribution in [2.24, 2.45) is 7.05 Å². The van der Waals surface area contributed by atoms with Gasteiger partial charge in [-0.2, -0.15) is 13.2 Å². The molecule has 112 valence electrons. The Bertz CT molecular complexity index is 913. The van der Waals surface area contributed by atoms with Crippen molar-refractivity contribution in [1.29, 1.82) is 0 Å². The summed E-state index contributed by atoms with van der Waals surface area (Å²) >= 11 is 0. The Morgan fingerprint density at radius 1 is 1.09 bits per heavy atom. The van der Waals surface area contributed by atoms with E-state index in [2.05, 4.69) is 4.98 Å². The molecule has 0 spiro atoms. The van der Waals surface area contributed by atoms with Crippen molar-refractivity contribution in [1.82, 2.24) is 9.55 Å². The van der Waals surface area contributed by atoms with Gasteiger partial charge in [-0.25, -0.2) is 4.98 Å². The van der Waals surface area contributed by atoms with Crippen molar-refractivity contribution in [3.8, 4) is 11.1 Å². The maximum absolute atomic E-state index is 12.9. The number of aryl methyl sites for hydroxylation is 1. The molecule has 0 saturated carbocycles. The van der Waals surface area contributed by atoms with Crippen molar-refractivity contribution < 1.29 is 13.2 Å². The highest BCUT2D eigenvalue weighted by Gasteiger charge is 2.30. The molecule has 0 fully saturated rings. The van der Waals surface area contributed by atoms with Gasteiger partial charge in [-0.05, 0) is 35.4 Å². The highest BCUT2D eigenvalue weighted by atomic mass is 19.4. The van der Waals surface area contributed by atoms with Gasteiger partial charge in [-0.3, -0.25) is 9.36 Å². The highest BCUT2D eigenvalue weighted by Crippen LogP contribution is 2.33. The van der Waals surface area contributed by atoms with E-state index in [0.29, 0.717) is 22.2 Å². The molecule has 3 aromatic rings. The largest absolute Gasteiger partial charge is 0.416 e. The van der Waals surface area contributed by atoms with Crippen LogP contribution in [0.2, 0.25) is 0 Å². The number of halogens is 3. The summed E-state index contributed by atoms with van der Waals surface area (Å²) in [6, 6.07) is 9.68. The molecular formula is C16H11F3N2O. The summed E-state index contributed by atoms with van der Waals surface area (Å²) in [6.07, 6.45) is -2.89. The van der Waals surface area contributed by atoms with E-state index in [1.165, 1.54) is 22.9 Å². The summed E-state index contributed by atoms with van der Waals surface area (Å²) in [5.74, 6) is 0. The molecule has 0 amide bonds. The molecule has 0 bridgehead atoms. The van der Waals surface area contributed by atoms with Crippen LogP contribution in [-0.4, -0.2) is 9.55 Å². The molecule has 2 heterocycles. The lowest BCUT2D eigenvalue weighted by Crippen LogP contribution is -2.17. The van der Waals surface area contributed by atoms with E-state index in [1.807, 2.05) is 0 Å². The Labute approximate surface area is 123 Å². The molecule has 0 N–H and O–H groups in total. The highest BCUT2D eigenvalue weighted by molar-refractivity contribution is 5.92. The first kappa shape index (κ1) is 14.3. The maximum atomic E-state index is 12.9. The fourth-order valence-corrected chi connectivity index (χ4v) is 2.38. The Balaban J connectivity index is 2.32. The molecule has 0 aliphatic carbocycles.